The van der Waals surface area contributed by atoms with Crippen LogP contribution in [0, 0.1) is 6.92 Å². The van der Waals surface area contributed by atoms with Gasteiger partial charge in [-0.05, 0) is 32.9 Å². The molecule has 0 spiro atoms. The summed E-state index contributed by atoms with van der Waals surface area (Å²) < 4.78 is 3.65. The van der Waals surface area contributed by atoms with Crippen LogP contribution in [0.3, 0.4) is 0 Å². The van der Waals surface area contributed by atoms with E-state index in [1.807, 2.05) is 59.9 Å². The van der Waals surface area contributed by atoms with Crippen molar-refractivity contribution in [2.75, 3.05) is 0 Å². The highest BCUT2D eigenvalue weighted by Crippen LogP contribution is 2.26. The monoisotopic (exact) mass is 357 g/mol. The summed E-state index contributed by atoms with van der Waals surface area (Å²) in [5.74, 6) is 0. The van der Waals surface area contributed by atoms with Crippen LogP contribution >= 0.6 is 11.6 Å². The van der Waals surface area contributed by atoms with Gasteiger partial charge < -0.3 is 0 Å². The number of rotatable bonds is 6. The molecule has 3 aromatic rings. The summed E-state index contributed by atoms with van der Waals surface area (Å²) in [6.07, 6.45) is 3.97. The Morgan fingerprint density at radius 3 is 2.48 bits per heavy atom. The summed E-state index contributed by atoms with van der Waals surface area (Å²) in [5, 5.41) is 9.59. The molecule has 3 rings (SSSR count). The number of para-hydroxylation sites is 1. The van der Waals surface area contributed by atoms with Gasteiger partial charge >= 0.3 is 0 Å². The molecule has 0 atom stereocenters. The average molecular weight is 358 g/mol. The molecule has 0 radical (unpaired) electrons. The summed E-state index contributed by atoms with van der Waals surface area (Å²) in [6.45, 7) is 7.99. The lowest BCUT2D eigenvalue weighted by atomic mass is 10.2. The van der Waals surface area contributed by atoms with Crippen LogP contribution in [0.4, 0.5) is 0 Å². The van der Waals surface area contributed by atoms with Crippen LogP contribution < -0.4 is 0 Å². The van der Waals surface area contributed by atoms with Crippen LogP contribution in [-0.2, 0) is 20.1 Å². The van der Waals surface area contributed by atoms with Gasteiger partial charge in [0.05, 0.1) is 17.6 Å². The lowest BCUT2D eigenvalue weighted by molar-refractivity contribution is 0.203. The number of hydrogen-bond acceptors (Lipinski definition) is 3. The Morgan fingerprint density at radius 1 is 1.16 bits per heavy atom. The Kier molecular flexibility index (Phi) is 5.25. The third-order valence-electron chi connectivity index (χ3n) is 4.36. The Bertz CT molecular complexity index is 835. The fraction of sp³-hybridized carbons (Fsp3) is 0.368. The molecule has 0 saturated heterocycles. The summed E-state index contributed by atoms with van der Waals surface area (Å²) in [5.41, 5.74) is 4.21. The molecule has 2 aromatic heterocycles. The number of hydrogen-bond donors (Lipinski definition) is 0. The fourth-order valence-corrected chi connectivity index (χ4v) is 3.20. The van der Waals surface area contributed by atoms with E-state index >= 15 is 0 Å². The van der Waals surface area contributed by atoms with Gasteiger partial charge in [0.15, 0.2) is 0 Å². The molecular formula is C19H24ClN5. The lowest BCUT2D eigenvalue weighted by Crippen LogP contribution is -2.30. The van der Waals surface area contributed by atoms with Gasteiger partial charge in [0, 0.05) is 43.5 Å². The highest BCUT2D eigenvalue weighted by atomic mass is 35.5. The zero-order valence-electron chi connectivity index (χ0n) is 15.1. The van der Waals surface area contributed by atoms with Gasteiger partial charge in [-0.1, -0.05) is 29.8 Å². The first-order chi connectivity index (χ1) is 12.0. The highest BCUT2D eigenvalue weighted by molar-refractivity contribution is 6.30. The molecular weight excluding hydrogens is 334 g/mol. The molecule has 1 aromatic carbocycles. The molecule has 0 N–H and O–H groups in total. The second-order valence-electron chi connectivity index (χ2n) is 6.62. The Hall–Kier alpha value is -2.11. The number of benzene rings is 1. The number of nitrogens with zero attached hydrogens (tertiary/aromatic N) is 5. The lowest BCUT2D eigenvalue weighted by Gasteiger charge is -2.26. The minimum absolute atomic E-state index is 0.385. The second-order valence-corrected chi connectivity index (χ2v) is 6.98. The maximum Gasteiger partial charge on any atom is 0.137 e. The summed E-state index contributed by atoms with van der Waals surface area (Å²) >= 11 is 6.68. The minimum atomic E-state index is 0.385. The van der Waals surface area contributed by atoms with E-state index in [4.69, 9.17) is 11.6 Å². The van der Waals surface area contributed by atoms with Gasteiger partial charge in [-0.25, -0.2) is 4.68 Å². The van der Waals surface area contributed by atoms with Crippen LogP contribution in [0.25, 0.3) is 5.69 Å². The molecule has 0 saturated carbocycles. The standard InChI is InChI=1S/C19H24ClN5/c1-14(2)24(12-16-10-21-23(4)11-16)13-18-15(3)22-25(19(18)20)17-8-6-5-7-9-17/h5-11,14H,12-13H2,1-4H3. The first-order valence-electron chi connectivity index (χ1n) is 8.46. The molecule has 6 heteroatoms. The quantitative estimate of drug-likeness (QED) is 0.669. The third-order valence-corrected chi connectivity index (χ3v) is 4.75. The van der Waals surface area contributed by atoms with E-state index in [2.05, 4.69) is 35.1 Å². The minimum Gasteiger partial charge on any atom is -0.292 e. The molecule has 0 bridgehead atoms. The first-order valence-corrected chi connectivity index (χ1v) is 8.84. The van der Waals surface area contributed by atoms with Crippen LogP contribution in [0.1, 0.15) is 30.7 Å². The van der Waals surface area contributed by atoms with Crippen LogP contribution in [0.15, 0.2) is 42.7 Å². The van der Waals surface area contributed by atoms with Gasteiger partial charge in [-0.2, -0.15) is 10.2 Å². The van der Waals surface area contributed by atoms with Crippen molar-refractivity contribution in [3.8, 4) is 5.69 Å². The van der Waals surface area contributed by atoms with Crippen molar-refractivity contribution in [3.63, 3.8) is 0 Å². The molecule has 5 nitrogen and oxygen atoms in total. The van der Waals surface area contributed by atoms with Crippen LogP contribution in [0.2, 0.25) is 5.15 Å². The van der Waals surface area contributed by atoms with Crippen molar-refractivity contribution in [2.45, 2.75) is 39.9 Å². The van der Waals surface area contributed by atoms with E-state index < -0.39 is 0 Å². The van der Waals surface area contributed by atoms with Gasteiger partial charge in [-0.3, -0.25) is 9.58 Å². The SMILES string of the molecule is Cc1nn(-c2ccccc2)c(Cl)c1CN(Cc1cnn(C)c1)C(C)C. The van der Waals surface area contributed by atoms with Crippen molar-refractivity contribution in [2.24, 2.45) is 7.05 Å². The Balaban J connectivity index is 1.86. The molecule has 2 heterocycles. The molecule has 0 fully saturated rings. The zero-order valence-corrected chi connectivity index (χ0v) is 15.9. The van der Waals surface area contributed by atoms with Gasteiger partial charge in [0.25, 0.3) is 0 Å². The summed E-state index contributed by atoms with van der Waals surface area (Å²) in [6, 6.07) is 10.4. The maximum atomic E-state index is 6.68. The van der Waals surface area contributed by atoms with E-state index in [1.54, 1.807) is 0 Å². The van der Waals surface area contributed by atoms with Gasteiger partial charge in [0.2, 0.25) is 0 Å². The van der Waals surface area contributed by atoms with Crippen molar-refractivity contribution < 1.29 is 0 Å². The number of halogens is 1. The van der Waals surface area contributed by atoms with Gasteiger partial charge in [-0.15, -0.1) is 0 Å². The van der Waals surface area contributed by atoms with Crippen LogP contribution in [-0.4, -0.2) is 30.5 Å². The van der Waals surface area contributed by atoms with Crippen molar-refractivity contribution >= 4 is 11.6 Å². The van der Waals surface area contributed by atoms with E-state index in [-0.39, 0.29) is 0 Å². The molecule has 0 amide bonds. The number of aryl methyl sites for hydroxylation is 2. The Morgan fingerprint density at radius 2 is 1.88 bits per heavy atom. The molecule has 25 heavy (non-hydrogen) atoms. The predicted octanol–water partition coefficient (Wildman–Crippen LogP) is 3.98. The maximum absolute atomic E-state index is 6.68. The topological polar surface area (TPSA) is 38.9 Å². The predicted molar refractivity (Wildman–Crippen MR) is 101 cm³/mol. The van der Waals surface area contributed by atoms with Crippen molar-refractivity contribution in [1.29, 1.82) is 0 Å². The summed E-state index contributed by atoms with van der Waals surface area (Å²) in [7, 11) is 1.94. The molecule has 132 valence electrons. The van der Waals surface area contributed by atoms with E-state index in [1.165, 1.54) is 5.56 Å². The zero-order chi connectivity index (χ0) is 18.0. The van der Waals surface area contributed by atoms with Crippen molar-refractivity contribution in [1.82, 2.24) is 24.5 Å². The smallest absolute Gasteiger partial charge is 0.137 e. The number of aromatic nitrogens is 4. The molecule has 0 aliphatic rings. The third kappa shape index (κ3) is 3.94. The van der Waals surface area contributed by atoms with Crippen molar-refractivity contribution in [3.05, 3.63) is 64.7 Å². The second kappa shape index (κ2) is 7.42. The molecule has 0 unspecified atom stereocenters. The molecule has 0 aliphatic carbocycles. The van der Waals surface area contributed by atoms with E-state index in [0.29, 0.717) is 11.2 Å². The normalized spacial score (nSPS) is 11.6. The summed E-state index contributed by atoms with van der Waals surface area (Å²) in [4.78, 5) is 2.38. The first kappa shape index (κ1) is 17.7. The molecule has 0 aliphatic heterocycles. The Labute approximate surface area is 153 Å². The van der Waals surface area contributed by atoms with Crippen LogP contribution in [0.5, 0.6) is 0 Å². The van der Waals surface area contributed by atoms with Gasteiger partial charge in [0.1, 0.15) is 5.15 Å². The fourth-order valence-electron chi connectivity index (χ4n) is 2.86. The highest BCUT2D eigenvalue weighted by Gasteiger charge is 2.19. The average Bonchev–Trinajstić information content (AvgIpc) is 3.12. The van der Waals surface area contributed by atoms with E-state index in [9.17, 15) is 0 Å². The largest absolute Gasteiger partial charge is 0.292 e. The van der Waals surface area contributed by atoms with E-state index in [0.717, 1.165) is 30.0 Å².